The van der Waals surface area contributed by atoms with E-state index in [1.165, 1.54) is 11.3 Å². The number of piperazine rings is 1. The molecule has 1 atom stereocenters. The van der Waals surface area contributed by atoms with E-state index in [-0.39, 0.29) is 0 Å². The summed E-state index contributed by atoms with van der Waals surface area (Å²) in [6, 6.07) is 2.21. The molecular formula is C13H23N3O2S2. The normalized spacial score (nSPS) is 20.1. The summed E-state index contributed by atoms with van der Waals surface area (Å²) in [5, 5.41) is 1.69. The molecule has 0 aromatic carbocycles. The second-order valence-corrected chi connectivity index (χ2v) is 8.08. The molecule has 2 heterocycles. The third kappa shape index (κ3) is 3.23. The topological polar surface area (TPSA) is 66.6 Å². The van der Waals surface area contributed by atoms with E-state index in [1.54, 1.807) is 15.8 Å². The van der Waals surface area contributed by atoms with Crippen molar-refractivity contribution in [3.63, 3.8) is 0 Å². The molecule has 5 nitrogen and oxygen atoms in total. The van der Waals surface area contributed by atoms with Gasteiger partial charge in [0, 0.05) is 49.0 Å². The molecule has 1 aliphatic rings. The standard InChI is InChI=1S/C13H23N3O2S2/c1-3-11(2)15-4-6-16(7-5-15)20(17,18)13-8-12(9-14)19-10-13/h8,10-11H,3-7,9,14H2,1-2H3. The first-order valence-electron chi connectivity index (χ1n) is 7.00. The van der Waals surface area contributed by atoms with Crippen LogP contribution in [-0.2, 0) is 16.6 Å². The molecular weight excluding hydrogens is 294 g/mol. The summed E-state index contributed by atoms with van der Waals surface area (Å²) in [4.78, 5) is 3.65. The zero-order chi connectivity index (χ0) is 14.8. The largest absolute Gasteiger partial charge is 0.326 e. The second kappa shape index (κ2) is 6.53. The van der Waals surface area contributed by atoms with Crippen LogP contribution >= 0.6 is 11.3 Å². The minimum atomic E-state index is -3.35. The van der Waals surface area contributed by atoms with Gasteiger partial charge >= 0.3 is 0 Å². The first-order chi connectivity index (χ1) is 9.48. The van der Waals surface area contributed by atoms with Crippen molar-refractivity contribution in [1.82, 2.24) is 9.21 Å². The van der Waals surface area contributed by atoms with Crippen LogP contribution in [0.25, 0.3) is 0 Å². The Morgan fingerprint density at radius 3 is 2.50 bits per heavy atom. The van der Waals surface area contributed by atoms with Gasteiger partial charge in [-0.3, -0.25) is 4.90 Å². The summed E-state index contributed by atoms with van der Waals surface area (Å²) in [6.07, 6.45) is 1.09. The molecule has 20 heavy (non-hydrogen) atoms. The highest BCUT2D eigenvalue weighted by Gasteiger charge is 2.30. The Morgan fingerprint density at radius 2 is 2.00 bits per heavy atom. The van der Waals surface area contributed by atoms with Gasteiger partial charge in [0.15, 0.2) is 0 Å². The molecule has 0 aliphatic carbocycles. The molecule has 0 amide bonds. The lowest BCUT2D eigenvalue weighted by molar-refractivity contribution is 0.142. The molecule has 1 unspecified atom stereocenters. The maximum Gasteiger partial charge on any atom is 0.243 e. The third-order valence-corrected chi connectivity index (χ3v) is 6.94. The summed E-state index contributed by atoms with van der Waals surface area (Å²) >= 11 is 1.41. The number of sulfonamides is 1. The molecule has 1 aromatic rings. The van der Waals surface area contributed by atoms with Crippen LogP contribution in [0, 0.1) is 0 Å². The van der Waals surface area contributed by atoms with Crippen LogP contribution in [0.1, 0.15) is 25.1 Å². The molecule has 7 heteroatoms. The minimum Gasteiger partial charge on any atom is -0.326 e. The molecule has 0 saturated carbocycles. The molecule has 2 rings (SSSR count). The van der Waals surface area contributed by atoms with Crippen LogP contribution in [-0.4, -0.2) is 49.8 Å². The first kappa shape index (κ1) is 15.9. The highest BCUT2D eigenvalue weighted by molar-refractivity contribution is 7.89. The van der Waals surface area contributed by atoms with Crippen molar-refractivity contribution >= 4 is 21.4 Å². The molecule has 0 spiro atoms. The van der Waals surface area contributed by atoms with Crippen molar-refractivity contribution in [2.75, 3.05) is 26.2 Å². The van der Waals surface area contributed by atoms with Crippen molar-refractivity contribution in [3.8, 4) is 0 Å². The summed E-state index contributed by atoms with van der Waals surface area (Å²) < 4.78 is 26.7. The van der Waals surface area contributed by atoms with E-state index in [1.807, 2.05) is 0 Å². The average molecular weight is 317 g/mol. The predicted octanol–water partition coefficient (Wildman–Crippen LogP) is 1.31. The molecule has 1 saturated heterocycles. The maximum atomic E-state index is 12.5. The fourth-order valence-corrected chi connectivity index (χ4v) is 4.96. The highest BCUT2D eigenvalue weighted by Crippen LogP contribution is 2.23. The fourth-order valence-electron chi connectivity index (χ4n) is 2.39. The zero-order valence-electron chi connectivity index (χ0n) is 12.1. The zero-order valence-corrected chi connectivity index (χ0v) is 13.7. The van der Waals surface area contributed by atoms with E-state index < -0.39 is 10.0 Å². The Kier molecular flexibility index (Phi) is 5.19. The minimum absolute atomic E-state index is 0.389. The number of nitrogens with two attached hydrogens (primary N) is 1. The lowest BCUT2D eigenvalue weighted by Gasteiger charge is -2.37. The van der Waals surface area contributed by atoms with Crippen molar-refractivity contribution in [1.29, 1.82) is 0 Å². The fraction of sp³-hybridized carbons (Fsp3) is 0.692. The Bertz CT molecular complexity index is 534. The first-order valence-corrected chi connectivity index (χ1v) is 9.32. The van der Waals surface area contributed by atoms with Crippen LogP contribution in [0.5, 0.6) is 0 Å². The van der Waals surface area contributed by atoms with Gasteiger partial charge in [-0.1, -0.05) is 6.92 Å². The second-order valence-electron chi connectivity index (χ2n) is 5.15. The molecule has 0 radical (unpaired) electrons. The van der Waals surface area contributed by atoms with Crippen LogP contribution in [0.4, 0.5) is 0 Å². The van der Waals surface area contributed by atoms with Crippen LogP contribution in [0.2, 0.25) is 0 Å². The van der Waals surface area contributed by atoms with Crippen molar-refractivity contribution in [2.24, 2.45) is 5.73 Å². The lowest BCUT2D eigenvalue weighted by Crippen LogP contribution is -2.51. The lowest BCUT2D eigenvalue weighted by atomic mass is 10.2. The summed E-state index contributed by atoms with van der Waals surface area (Å²) in [6.45, 7) is 7.50. The quantitative estimate of drug-likeness (QED) is 0.889. The number of hydrogen-bond donors (Lipinski definition) is 1. The monoisotopic (exact) mass is 317 g/mol. The number of thiophene rings is 1. The Hall–Kier alpha value is -0.470. The van der Waals surface area contributed by atoms with Gasteiger partial charge in [-0.15, -0.1) is 11.3 Å². The number of rotatable bonds is 5. The summed E-state index contributed by atoms with van der Waals surface area (Å²) in [7, 11) is -3.35. The Labute approximate surface area is 125 Å². The van der Waals surface area contributed by atoms with E-state index in [9.17, 15) is 8.42 Å². The Balaban J connectivity index is 2.05. The van der Waals surface area contributed by atoms with Crippen molar-refractivity contribution < 1.29 is 8.42 Å². The van der Waals surface area contributed by atoms with Crippen LogP contribution in [0.15, 0.2) is 16.3 Å². The molecule has 1 aromatic heterocycles. The van der Waals surface area contributed by atoms with E-state index in [4.69, 9.17) is 5.73 Å². The summed E-state index contributed by atoms with van der Waals surface area (Å²) in [5.41, 5.74) is 5.55. The van der Waals surface area contributed by atoms with Gasteiger partial charge < -0.3 is 5.73 Å². The molecule has 114 valence electrons. The van der Waals surface area contributed by atoms with Crippen molar-refractivity contribution in [3.05, 3.63) is 16.3 Å². The maximum absolute atomic E-state index is 12.5. The Morgan fingerprint density at radius 1 is 1.35 bits per heavy atom. The van der Waals surface area contributed by atoms with Gasteiger partial charge in [-0.25, -0.2) is 8.42 Å². The van der Waals surface area contributed by atoms with Crippen LogP contribution < -0.4 is 5.73 Å². The van der Waals surface area contributed by atoms with Gasteiger partial charge in [0.25, 0.3) is 0 Å². The predicted molar refractivity (Wildman–Crippen MR) is 82.3 cm³/mol. The van der Waals surface area contributed by atoms with E-state index >= 15 is 0 Å². The third-order valence-electron chi connectivity index (χ3n) is 3.96. The molecule has 1 fully saturated rings. The van der Waals surface area contributed by atoms with Gasteiger partial charge in [0.1, 0.15) is 0 Å². The molecule has 0 bridgehead atoms. The molecule has 1 aliphatic heterocycles. The summed E-state index contributed by atoms with van der Waals surface area (Å²) in [5.74, 6) is 0. The number of nitrogens with zero attached hydrogens (tertiary/aromatic N) is 2. The van der Waals surface area contributed by atoms with Gasteiger partial charge in [-0.2, -0.15) is 4.31 Å². The SMILES string of the molecule is CCC(C)N1CCN(S(=O)(=O)c2csc(CN)c2)CC1. The van der Waals surface area contributed by atoms with Crippen molar-refractivity contribution in [2.45, 2.75) is 37.8 Å². The number of hydrogen-bond acceptors (Lipinski definition) is 5. The van der Waals surface area contributed by atoms with Crippen LogP contribution in [0.3, 0.4) is 0 Å². The van der Waals surface area contributed by atoms with E-state index in [2.05, 4.69) is 18.7 Å². The molecule has 2 N–H and O–H groups in total. The smallest absolute Gasteiger partial charge is 0.243 e. The highest BCUT2D eigenvalue weighted by atomic mass is 32.2. The average Bonchev–Trinajstić information content (AvgIpc) is 2.96. The van der Waals surface area contributed by atoms with Gasteiger partial charge in [0.05, 0.1) is 4.90 Å². The van der Waals surface area contributed by atoms with E-state index in [0.717, 1.165) is 24.4 Å². The van der Waals surface area contributed by atoms with E-state index in [0.29, 0.717) is 30.6 Å². The van der Waals surface area contributed by atoms with Gasteiger partial charge in [-0.05, 0) is 19.4 Å². The van der Waals surface area contributed by atoms with Gasteiger partial charge in [0.2, 0.25) is 10.0 Å².